The molecule has 0 aliphatic heterocycles. The second kappa shape index (κ2) is 15.5. The number of alkyl carbamates (subject to hydrolysis) is 1. The molecule has 2 rings (SSSR count). The summed E-state index contributed by atoms with van der Waals surface area (Å²) in [6.45, 7) is 17.3. The fraction of sp³-hybridized carbons (Fsp3) is 0.727. The van der Waals surface area contributed by atoms with Crippen molar-refractivity contribution in [3.63, 3.8) is 0 Å². The van der Waals surface area contributed by atoms with Crippen molar-refractivity contribution in [1.82, 2.24) is 15.5 Å². The molecule has 1 saturated carbocycles. The van der Waals surface area contributed by atoms with E-state index in [4.69, 9.17) is 4.74 Å². The summed E-state index contributed by atoms with van der Waals surface area (Å²) in [7, 11) is 0. The van der Waals surface area contributed by atoms with E-state index in [9.17, 15) is 19.5 Å². The van der Waals surface area contributed by atoms with Crippen LogP contribution in [0.2, 0.25) is 0 Å². The molecule has 8 nitrogen and oxygen atoms in total. The number of ether oxygens (including phenoxy) is 1. The number of carbonyl (C=O) groups is 3. The zero-order chi connectivity index (χ0) is 30.9. The summed E-state index contributed by atoms with van der Waals surface area (Å²) < 4.78 is 5.53. The van der Waals surface area contributed by atoms with Crippen LogP contribution in [0, 0.1) is 18.8 Å². The van der Waals surface area contributed by atoms with Gasteiger partial charge in [0.2, 0.25) is 11.8 Å². The van der Waals surface area contributed by atoms with Gasteiger partial charge in [0.1, 0.15) is 23.4 Å². The molecular formula is C33H55N3O5. The van der Waals surface area contributed by atoms with Crippen LogP contribution in [0.3, 0.4) is 0 Å². The summed E-state index contributed by atoms with van der Waals surface area (Å²) in [4.78, 5) is 43.4. The number of nitrogens with zero attached hydrogens (tertiary/aromatic N) is 1. The molecule has 1 aromatic rings. The van der Waals surface area contributed by atoms with E-state index in [1.54, 1.807) is 50.8 Å². The monoisotopic (exact) mass is 573 g/mol. The molecule has 8 heteroatoms. The molecule has 1 aliphatic carbocycles. The lowest BCUT2D eigenvalue weighted by Gasteiger charge is -2.40. The molecule has 0 heterocycles. The van der Waals surface area contributed by atoms with Crippen molar-refractivity contribution in [1.29, 1.82) is 0 Å². The molecule has 3 amide bonds. The maximum Gasteiger partial charge on any atom is 0.408 e. The number of carbonyl (C=O) groups excluding carboxylic acids is 3. The van der Waals surface area contributed by atoms with E-state index < -0.39 is 23.8 Å². The van der Waals surface area contributed by atoms with Gasteiger partial charge in [0.25, 0.3) is 0 Å². The first-order valence-corrected chi connectivity index (χ1v) is 15.6. The van der Waals surface area contributed by atoms with Gasteiger partial charge in [-0.1, -0.05) is 59.4 Å². The van der Waals surface area contributed by atoms with E-state index in [-0.39, 0.29) is 35.6 Å². The third-order valence-corrected chi connectivity index (χ3v) is 8.06. The predicted octanol–water partition coefficient (Wildman–Crippen LogP) is 6.78. The number of amides is 3. The van der Waals surface area contributed by atoms with Gasteiger partial charge >= 0.3 is 6.09 Å². The van der Waals surface area contributed by atoms with Crippen LogP contribution >= 0.6 is 0 Å². The quantitative estimate of drug-likeness (QED) is 0.255. The molecule has 1 aliphatic rings. The molecule has 232 valence electrons. The number of rotatable bonds is 12. The second-order valence-corrected chi connectivity index (χ2v) is 13.4. The van der Waals surface area contributed by atoms with E-state index in [2.05, 4.69) is 24.5 Å². The molecule has 4 unspecified atom stereocenters. The second-order valence-electron chi connectivity index (χ2n) is 13.4. The first-order valence-electron chi connectivity index (χ1n) is 15.6. The SMILES string of the molecule is CCC(C)C(NC(=O)OC(C)(C)C)C(=O)N(C(C)CCC(C)C)C(C(=O)NC1CCCCC1)c1ccc(O)c(C)c1. The van der Waals surface area contributed by atoms with E-state index in [0.717, 1.165) is 38.5 Å². The smallest absolute Gasteiger partial charge is 0.408 e. The lowest BCUT2D eigenvalue weighted by atomic mass is 9.91. The van der Waals surface area contributed by atoms with Crippen LogP contribution in [0.1, 0.15) is 124 Å². The topological polar surface area (TPSA) is 108 Å². The number of phenolic OH excluding ortho intramolecular Hbond substituents is 1. The molecule has 0 saturated heterocycles. The van der Waals surface area contributed by atoms with Gasteiger partial charge in [-0.15, -0.1) is 0 Å². The maximum atomic E-state index is 14.6. The Morgan fingerprint density at radius 2 is 1.68 bits per heavy atom. The van der Waals surface area contributed by atoms with Gasteiger partial charge in [-0.3, -0.25) is 9.59 Å². The van der Waals surface area contributed by atoms with Crippen LogP contribution in [0.25, 0.3) is 0 Å². The van der Waals surface area contributed by atoms with Gasteiger partial charge in [-0.2, -0.15) is 0 Å². The first-order chi connectivity index (χ1) is 19.1. The maximum absolute atomic E-state index is 14.6. The van der Waals surface area contributed by atoms with Crippen molar-refractivity contribution in [3.8, 4) is 5.75 Å². The van der Waals surface area contributed by atoms with Gasteiger partial charge < -0.3 is 25.4 Å². The van der Waals surface area contributed by atoms with Crippen LogP contribution in [0.15, 0.2) is 18.2 Å². The van der Waals surface area contributed by atoms with Crippen LogP contribution in [0.5, 0.6) is 5.75 Å². The molecule has 0 spiro atoms. The average Bonchev–Trinajstić information content (AvgIpc) is 2.89. The highest BCUT2D eigenvalue weighted by Crippen LogP contribution is 2.32. The van der Waals surface area contributed by atoms with Gasteiger partial charge in [-0.05, 0) is 95.4 Å². The Hall–Kier alpha value is -2.77. The standard InChI is InChI=1S/C33H55N3O5/c1-10-22(4)28(35-32(40)41-33(7,8)9)31(39)36(24(6)17-16-21(2)3)29(25-18-19-27(37)23(5)20-25)30(38)34-26-14-12-11-13-15-26/h18-22,24,26,28-29,37H,10-17H2,1-9H3,(H,34,38)(H,35,40). The minimum atomic E-state index is -0.919. The Balaban J connectivity index is 2.61. The molecule has 3 N–H and O–H groups in total. The van der Waals surface area contributed by atoms with Crippen molar-refractivity contribution in [2.75, 3.05) is 0 Å². The van der Waals surface area contributed by atoms with Gasteiger partial charge in [0, 0.05) is 12.1 Å². The molecule has 4 atom stereocenters. The summed E-state index contributed by atoms with van der Waals surface area (Å²) in [5.41, 5.74) is 0.549. The average molecular weight is 574 g/mol. The zero-order valence-corrected chi connectivity index (χ0v) is 26.9. The Kier molecular flexibility index (Phi) is 13.0. The number of hydrogen-bond acceptors (Lipinski definition) is 5. The number of phenols is 1. The highest BCUT2D eigenvalue weighted by atomic mass is 16.6. The predicted molar refractivity (Wildman–Crippen MR) is 164 cm³/mol. The number of nitrogens with one attached hydrogen (secondary N) is 2. The summed E-state index contributed by atoms with van der Waals surface area (Å²) in [5, 5.41) is 16.4. The van der Waals surface area contributed by atoms with Gasteiger partial charge in [0.05, 0.1) is 0 Å². The molecular weight excluding hydrogens is 518 g/mol. The minimum Gasteiger partial charge on any atom is -0.508 e. The first kappa shape index (κ1) is 34.4. The summed E-state index contributed by atoms with van der Waals surface area (Å²) in [5.74, 6) is -0.179. The van der Waals surface area contributed by atoms with Crippen molar-refractivity contribution in [2.24, 2.45) is 11.8 Å². The van der Waals surface area contributed by atoms with E-state index >= 15 is 0 Å². The van der Waals surface area contributed by atoms with Crippen LogP contribution in [-0.4, -0.2) is 51.6 Å². The van der Waals surface area contributed by atoms with Crippen LogP contribution in [-0.2, 0) is 14.3 Å². The molecule has 1 aromatic carbocycles. The number of aryl methyl sites for hydroxylation is 1. The lowest BCUT2D eigenvalue weighted by Crippen LogP contribution is -2.58. The summed E-state index contributed by atoms with van der Waals surface area (Å²) >= 11 is 0. The fourth-order valence-electron chi connectivity index (χ4n) is 5.40. The Morgan fingerprint density at radius 1 is 1.05 bits per heavy atom. The Labute approximate surface area is 248 Å². The van der Waals surface area contributed by atoms with Crippen molar-refractivity contribution in [3.05, 3.63) is 29.3 Å². The molecule has 0 radical (unpaired) electrons. The fourth-order valence-corrected chi connectivity index (χ4v) is 5.40. The normalized spacial score (nSPS) is 17.3. The minimum absolute atomic E-state index is 0.0603. The third-order valence-electron chi connectivity index (χ3n) is 8.06. The highest BCUT2D eigenvalue weighted by Gasteiger charge is 2.41. The summed E-state index contributed by atoms with van der Waals surface area (Å²) in [6.07, 6.45) is 6.70. The third kappa shape index (κ3) is 10.5. The molecule has 1 fully saturated rings. The number of aromatic hydroxyl groups is 1. The molecule has 41 heavy (non-hydrogen) atoms. The van der Waals surface area contributed by atoms with Gasteiger partial charge in [-0.25, -0.2) is 4.79 Å². The largest absolute Gasteiger partial charge is 0.508 e. The van der Waals surface area contributed by atoms with E-state index in [1.807, 2.05) is 20.8 Å². The van der Waals surface area contributed by atoms with Crippen molar-refractivity contribution >= 4 is 17.9 Å². The van der Waals surface area contributed by atoms with Gasteiger partial charge in [0.15, 0.2) is 0 Å². The molecule has 0 bridgehead atoms. The highest BCUT2D eigenvalue weighted by molar-refractivity contribution is 5.92. The zero-order valence-electron chi connectivity index (χ0n) is 26.9. The lowest BCUT2D eigenvalue weighted by molar-refractivity contribution is -0.146. The Bertz CT molecular complexity index is 1010. The van der Waals surface area contributed by atoms with Crippen LogP contribution < -0.4 is 10.6 Å². The van der Waals surface area contributed by atoms with Crippen molar-refractivity contribution < 1.29 is 24.2 Å². The Morgan fingerprint density at radius 3 is 2.22 bits per heavy atom. The summed E-state index contributed by atoms with van der Waals surface area (Å²) in [6, 6.07) is 3.08. The van der Waals surface area contributed by atoms with E-state index in [1.165, 1.54) is 0 Å². The van der Waals surface area contributed by atoms with Crippen molar-refractivity contribution in [2.45, 2.75) is 143 Å². The molecule has 0 aromatic heterocycles. The van der Waals surface area contributed by atoms with Crippen LogP contribution in [0.4, 0.5) is 4.79 Å². The van der Waals surface area contributed by atoms with E-state index in [0.29, 0.717) is 29.9 Å². The number of hydrogen-bond donors (Lipinski definition) is 3. The number of benzene rings is 1.